The number of nitrogens with two attached hydrogens (primary N) is 1. The van der Waals surface area contributed by atoms with Crippen LogP contribution >= 0.6 is 0 Å². The molecule has 0 unspecified atom stereocenters. The minimum atomic E-state index is -0.513. The average molecular weight is 553 g/mol. The second-order valence-corrected chi connectivity index (χ2v) is 11.8. The van der Waals surface area contributed by atoms with E-state index in [1.807, 2.05) is 39.0 Å². The third-order valence-corrected chi connectivity index (χ3v) is 7.58. The van der Waals surface area contributed by atoms with Crippen molar-refractivity contribution in [2.24, 2.45) is 0 Å². The number of benzene rings is 2. The van der Waals surface area contributed by atoms with E-state index < -0.39 is 5.60 Å². The Morgan fingerprint density at radius 1 is 0.951 bits per heavy atom. The van der Waals surface area contributed by atoms with Crippen LogP contribution in [-0.2, 0) is 30.4 Å². The summed E-state index contributed by atoms with van der Waals surface area (Å²) in [5.74, 6) is 1.18. The van der Waals surface area contributed by atoms with Gasteiger partial charge in [-0.05, 0) is 106 Å². The molecule has 4 N–H and O–H groups in total. The van der Waals surface area contributed by atoms with Gasteiger partial charge in [0.1, 0.15) is 5.60 Å². The largest absolute Gasteiger partial charge is 0.444 e. The van der Waals surface area contributed by atoms with Crippen LogP contribution in [-0.4, -0.2) is 42.7 Å². The smallest absolute Gasteiger partial charge is 0.407 e. The number of hydrogen-bond acceptors (Lipinski definition) is 8. The summed E-state index contributed by atoms with van der Waals surface area (Å²) in [5.41, 5.74) is 13.7. The molecule has 1 atom stereocenters. The predicted molar refractivity (Wildman–Crippen MR) is 158 cm³/mol. The van der Waals surface area contributed by atoms with Crippen molar-refractivity contribution in [2.75, 3.05) is 11.1 Å². The highest BCUT2D eigenvalue weighted by Gasteiger charge is 2.23. The van der Waals surface area contributed by atoms with E-state index in [1.165, 1.54) is 21.4 Å². The fourth-order valence-corrected chi connectivity index (χ4v) is 5.66. The number of carbonyl (C=O) groups excluding carboxylic acids is 1. The van der Waals surface area contributed by atoms with Crippen LogP contribution < -0.4 is 16.4 Å². The Morgan fingerprint density at radius 2 is 1.73 bits per heavy atom. The third kappa shape index (κ3) is 6.01. The second-order valence-electron chi connectivity index (χ2n) is 11.8. The highest BCUT2D eigenvalue weighted by Crippen LogP contribution is 2.31. The van der Waals surface area contributed by atoms with Crippen molar-refractivity contribution in [3.8, 4) is 17.1 Å². The minimum absolute atomic E-state index is 0.0707. The van der Waals surface area contributed by atoms with E-state index in [1.54, 1.807) is 0 Å². The van der Waals surface area contributed by atoms with E-state index in [4.69, 9.17) is 10.5 Å². The molecule has 2 aliphatic rings. The van der Waals surface area contributed by atoms with Gasteiger partial charge in [-0.25, -0.2) is 4.79 Å². The first-order valence-electron chi connectivity index (χ1n) is 14.3. The van der Waals surface area contributed by atoms with Crippen molar-refractivity contribution >= 4 is 23.7 Å². The molecule has 0 saturated heterocycles. The molecule has 0 aliphatic heterocycles. The van der Waals surface area contributed by atoms with Gasteiger partial charge in [-0.15, -0.1) is 15.3 Å². The molecule has 10 heteroatoms. The van der Waals surface area contributed by atoms with Crippen molar-refractivity contribution < 1.29 is 9.53 Å². The number of aromatic nitrogens is 5. The lowest BCUT2D eigenvalue weighted by Gasteiger charge is -2.22. The molecule has 2 aliphatic carbocycles. The van der Waals surface area contributed by atoms with Crippen LogP contribution in [0.1, 0.15) is 62.3 Å². The Bertz CT molecular complexity index is 1590. The van der Waals surface area contributed by atoms with Gasteiger partial charge in [0, 0.05) is 17.3 Å². The number of ether oxygens (including phenoxy) is 1. The van der Waals surface area contributed by atoms with E-state index in [2.05, 4.69) is 61.2 Å². The highest BCUT2D eigenvalue weighted by molar-refractivity contribution is 5.69. The van der Waals surface area contributed by atoms with Gasteiger partial charge in [-0.3, -0.25) is 0 Å². The van der Waals surface area contributed by atoms with Gasteiger partial charge in [0.2, 0.25) is 11.9 Å². The number of alkyl carbamates (subject to hydrolysis) is 1. The summed E-state index contributed by atoms with van der Waals surface area (Å²) < 4.78 is 6.97. The number of nitrogens with one attached hydrogen (secondary N) is 2. The molecule has 4 aromatic rings. The van der Waals surface area contributed by atoms with Gasteiger partial charge >= 0.3 is 6.09 Å². The molecule has 6 rings (SSSR count). The number of rotatable bonds is 4. The molecule has 2 aromatic carbocycles. The van der Waals surface area contributed by atoms with Crippen LogP contribution in [0.15, 0.2) is 48.5 Å². The molecule has 1 amide bonds. The highest BCUT2D eigenvalue weighted by atomic mass is 16.6. The van der Waals surface area contributed by atoms with Gasteiger partial charge in [0.15, 0.2) is 5.82 Å². The average Bonchev–Trinajstić information content (AvgIpc) is 3.07. The first-order chi connectivity index (χ1) is 19.7. The van der Waals surface area contributed by atoms with Crippen LogP contribution in [0.5, 0.6) is 0 Å². The van der Waals surface area contributed by atoms with E-state index in [0.717, 1.165) is 67.5 Å². The summed E-state index contributed by atoms with van der Waals surface area (Å²) >= 11 is 0. The van der Waals surface area contributed by atoms with Gasteiger partial charge in [0.25, 0.3) is 0 Å². The lowest BCUT2D eigenvalue weighted by Crippen LogP contribution is -2.39. The number of fused-ring (bicyclic) bond motifs is 4. The summed E-state index contributed by atoms with van der Waals surface area (Å²) in [6, 6.07) is 16.7. The van der Waals surface area contributed by atoms with Crippen LogP contribution in [0, 0.1) is 0 Å². The molecular formula is C31H36N8O2. The Hall–Kier alpha value is -4.47. The topological polar surface area (TPSA) is 133 Å². The Morgan fingerprint density at radius 3 is 2.56 bits per heavy atom. The molecule has 2 heterocycles. The van der Waals surface area contributed by atoms with Gasteiger partial charge in [-0.1, -0.05) is 30.3 Å². The number of hydrogen-bond donors (Lipinski definition) is 3. The molecule has 2 aromatic heterocycles. The lowest BCUT2D eigenvalue weighted by molar-refractivity contribution is 0.0500. The normalized spacial score (nSPS) is 16.4. The molecule has 212 valence electrons. The van der Waals surface area contributed by atoms with Crippen LogP contribution in [0.25, 0.3) is 17.1 Å². The first kappa shape index (κ1) is 26.7. The zero-order valence-electron chi connectivity index (χ0n) is 23.8. The summed E-state index contributed by atoms with van der Waals surface area (Å²) in [7, 11) is 0. The van der Waals surface area contributed by atoms with Crippen molar-refractivity contribution in [3.63, 3.8) is 0 Å². The summed E-state index contributed by atoms with van der Waals surface area (Å²) in [6.45, 7) is 5.61. The fraction of sp³-hybridized carbons (Fsp3) is 0.387. The third-order valence-electron chi connectivity index (χ3n) is 7.58. The molecule has 10 nitrogen and oxygen atoms in total. The van der Waals surface area contributed by atoms with Crippen LogP contribution in [0.3, 0.4) is 0 Å². The van der Waals surface area contributed by atoms with Gasteiger partial charge in [0.05, 0.1) is 5.69 Å². The maximum atomic E-state index is 12.3. The standard InChI is InChI=1S/C31H36N8O2/c1-31(2,3)41-30(40)34-23-14-11-19-12-16-24(17-21(19)13-15-23)33-29-35-28(32)39(38-29)26-18-22-9-6-8-20-7-4-5-10-25(20)27(22)37-36-26/h4-5,7,10,12,16-18,23H,6,8-9,11,13-15H2,1-3H3,(H,34,40)(H3,32,33,35,38)/t23-/m0/s1. The fourth-order valence-electron chi connectivity index (χ4n) is 5.66. The summed E-state index contributed by atoms with van der Waals surface area (Å²) in [5, 5.41) is 20.0. The lowest BCUT2D eigenvalue weighted by atomic mass is 10.0. The molecular weight excluding hydrogens is 516 g/mol. The number of anilines is 3. The van der Waals surface area contributed by atoms with E-state index in [9.17, 15) is 4.79 Å². The number of nitrogens with zero attached hydrogens (tertiary/aromatic N) is 5. The second kappa shape index (κ2) is 10.8. The van der Waals surface area contributed by atoms with Crippen LogP contribution in [0.4, 0.5) is 22.4 Å². The van der Waals surface area contributed by atoms with Crippen LogP contribution in [0.2, 0.25) is 0 Å². The Kier molecular flexibility index (Phi) is 7.07. The Labute approximate surface area is 239 Å². The molecule has 0 fully saturated rings. The van der Waals surface area contributed by atoms with Gasteiger partial charge < -0.3 is 21.1 Å². The summed E-state index contributed by atoms with van der Waals surface area (Å²) in [4.78, 5) is 16.7. The molecule has 41 heavy (non-hydrogen) atoms. The van der Waals surface area contributed by atoms with Crippen molar-refractivity contribution in [1.82, 2.24) is 30.3 Å². The van der Waals surface area contributed by atoms with Crippen molar-refractivity contribution in [1.29, 1.82) is 0 Å². The van der Waals surface area contributed by atoms with Crippen molar-refractivity contribution in [2.45, 2.75) is 77.4 Å². The van der Waals surface area contributed by atoms with E-state index in [-0.39, 0.29) is 18.1 Å². The zero-order chi connectivity index (χ0) is 28.6. The maximum absolute atomic E-state index is 12.3. The molecule has 0 bridgehead atoms. The number of nitrogen functional groups attached to an aromatic ring is 1. The van der Waals surface area contributed by atoms with E-state index >= 15 is 0 Å². The SMILES string of the molecule is CC(C)(C)OC(=O)N[C@H]1CCc2ccc(Nc3nc(N)n(-c4cc5c(nn4)-c4ccccc4CCC5)n3)cc2CC1. The monoisotopic (exact) mass is 552 g/mol. The Balaban J connectivity index is 1.16. The number of amides is 1. The molecule has 0 spiro atoms. The zero-order valence-corrected chi connectivity index (χ0v) is 23.8. The molecule has 0 radical (unpaired) electrons. The minimum Gasteiger partial charge on any atom is -0.444 e. The predicted octanol–water partition coefficient (Wildman–Crippen LogP) is 5.31. The number of aryl methyl sites for hydroxylation is 4. The molecule has 0 saturated carbocycles. The summed E-state index contributed by atoms with van der Waals surface area (Å²) in [6.07, 6.45) is 6.06. The van der Waals surface area contributed by atoms with Gasteiger partial charge in [-0.2, -0.15) is 9.67 Å². The number of carbonyl (C=O) groups is 1. The van der Waals surface area contributed by atoms with Crippen molar-refractivity contribution in [3.05, 3.63) is 70.8 Å². The maximum Gasteiger partial charge on any atom is 0.407 e. The first-order valence-corrected chi connectivity index (χ1v) is 14.3. The van der Waals surface area contributed by atoms with E-state index in [0.29, 0.717) is 11.8 Å². The quantitative estimate of drug-likeness (QED) is 0.290.